The molecule has 0 aliphatic rings. The maximum absolute atomic E-state index is 12.4. The van der Waals surface area contributed by atoms with E-state index in [-0.39, 0.29) is 5.91 Å². The summed E-state index contributed by atoms with van der Waals surface area (Å²) < 4.78 is 5.84. The first-order valence-corrected chi connectivity index (χ1v) is 8.93. The summed E-state index contributed by atoms with van der Waals surface area (Å²) >= 11 is 0. The smallest absolute Gasteiger partial charge is 0.261 e. The van der Waals surface area contributed by atoms with Gasteiger partial charge in [0.2, 0.25) is 0 Å². The summed E-state index contributed by atoms with van der Waals surface area (Å²) in [6.07, 6.45) is 1.16. The van der Waals surface area contributed by atoms with Gasteiger partial charge >= 0.3 is 0 Å². The zero-order chi connectivity index (χ0) is 18.1. The molecule has 0 radical (unpaired) electrons. The Balaban J connectivity index is 1.81. The molecule has 0 aliphatic heterocycles. The van der Waals surface area contributed by atoms with Crippen molar-refractivity contribution in [2.24, 2.45) is 0 Å². The number of aryl methyl sites for hydroxylation is 1. The molecule has 0 heterocycles. The molecular formula is C21H28N2O2. The van der Waals surface area contributed by atoms with Gasteiger partial charge < -0.3 is 15.0 Å². The van der Waals surface area contributed by atoms with E-state index >= 15 is 0 Å². The molecule has 2 aromatic carbocycles. The number of hydrogen-bond donors (Lipinski definition) is 1. The number of hydrogen-bond acceptors (Lipinski definition) is 3. The predicted molar refractivity (Wildman–Crippen MR) is 103 cm³/mol. The molecule has 1 amide bonds. The molecule has 0 saturated heterocycles. The maximum Gasteiger partial charge on any atom is 0.261 e. The van der Waals surface area contributed by atoms with E-state index in [1.165, 1.54) is 5.56 Å². The van der Waals surface area contributed by atoms with Crippen molar-refractivity contribution in [1.29, 1.82) is 0 Å². The number of rotatable bonds is 9. The second-order valence-electron chi connectivity index (χ2n) is 6.06. The Morgan fingerprint density at radius 3 is 2.36 bits per heavy atom. The minimum atomic E-state index is -0.463. The minimum absolute atomic E-state index is 0.0662. The van der Waals surface area contributed by atoms with Crippen molar-refractivity contribution < 1.29 is 9.53 Å². The third-order valence-corrected chi connectivity index (χ3v) is 4.22. The number of para-hydroxylation sites is 1. The number of carbonyl (C=O) groups excluding carboxylic acids is 1. The van der Waals surface area contributed by atoms with Crippen molar-refractivity contribution in [3.8, 4) is 5.75 Å². The number of carbonyl (C=O) groups is 1. The number of amides is 1. The lowest BCUT2D eigenvalue weighted by molar-refractivity contribution is -0.128. The number of likely N-dealkylation sites (N-methyl/N-ethyl adjacent to an activating group) is 1. The van der Waals surface area contributed by atoms with Crippen LogP contribution in [0.4, 0.5) is 5.69 Å². The van der Waals surface area contributed by atoms with Crippen LogP contribution in [-0.4, -0.2) is 32.1 Å². The monoisotopic (exact) mass is 340 g/mol. The van der Waals surface area contributed by atoms with Gasteiger partial charge in [-0.2, -0.15) is 0 Å². The van der Waals surface area contributed by atoms with Crippen molar-refractivity contribution in [2.75, 3.05) is 25.0 Å². The first-order chi connectivity index (χ1) is 12.1. The molecule has 2 rings (SSSR count). The molecule has 0 unspecified atom stereocenters. The molecular weight excluding hydrogens is 312 g/mol. The fraction of sp³-hybridized carbons (Fsp3) is 0.381. The summed E-state index contributed by atoms with van der Waals surface area (Å²) in [6, 6.07) is 18.1. The maximum atomic E-state index is 12.4. The normalized spacial score (nSPS) is 11.6. The average molecular weight is 340 g/mol. The Bertz CT molecular complexity index is 641. The molecule has 0 aromatic heterocycles. The van der Waals surface area contributed by atoms with Crippen LogP contribution in [0.2, 0.25) is 0 Å². The molecule has 0 spiro atoms. The summed E-state index contributed by atoms with van der Waals surface area (Å²) in [5.74, 6) is 0.670. The van der Waals surface area contributed by atoms with Gasteiger partial charge in [0.25, 0.3) is 5.91 Å². The average Bonchev–Trinajstić information content (AvgIpc) is 2.67. The van der Waals surface area contributed by atoms with Crippen LogP contribution in [0.15, 0.2) is 54.6 Å². The molecule has 0 bridgehead atoms. The van der Waals surface area contributed by atoms with E-state index in [4.69, 9.17) is 4.74 Å². The molecule has 0 aliphatic carbocycles. The molecule has 0 fully saturated rings. The Morgan fingerprint density at radius 1 is 1.08 bits per heavy atom. The van der Waals surface area contributed by atoms with Crippen LogP contribution in [-0.2, 0) is 11.2 Å². The fourth-order valence-corrected chi connectivity index (χ4v) is 2.56. The summed E-state index contributed by atoms with van der Waals surface area (Å²) in [5, 5.41) is 2.97. The van der Waals surface area contributed by atoms with Crippen LogP contribution in [0.5, 0.6) is 5.75 Å². The van der Waals surface area contributed by atoms with Gasteiger partial charge in [0.1, 0.15) is 5.75 Å². The van der Waals surface area contributed by atoms with Crippen molar-refractivity contribution in [1.82, 2.24) is 5.32 Å². The number of benzene rings is 2. The minimum Gasteiger partial charge on any atom is -0.481 e. The van der Waals surface area contributed by atoms with E-state index in [2.05, 4.69) is 29.3 Å². The van der Waals surface area contributed by atoms with Crippen molar-refractivity contribution >= 4 is 11.6 Å². The lowest BCUT2D eigenvalue weighted by Crippen LogP contribution is -2.41. The highest BCUT2D eigenvalue weighted by atomic mass is 16.5. The molecule has 0 saturated carbocycles. The topological polar surface area (TPSA) is 41.6 Å². The largest absolute Gasteiger partial charge is 0.481 e. The van der Waals surface area contributed by atoms with Crippen molar-refractivity contribution in [3.63, 3.8) is 0 Å². The van der Waals surface area contributed by atoms with E-state index in [1.807, 2.05) is 56.4 Å². The number of nitrogens with one attached hydrogen (secondary N) is 1. The first kappa shape index (κ1) is 18.8. The predicted octanol–water partition coefficient (Wildman–Crippen LogP) is 3.66. The van der Waals surface area contributed by atoms with E-state index in [0.717, 1.165) is 24.4 Å². The second-order valence-corrected chi connectivity index (χ2v) is 6.06. The Kier molecular flexibility index (Phi) is 7.33. The highest BCUT2D eigenvalue weighted by molar-refractivity contribution is 5.81. The van der Waals surface area contributed by atoms with Gasteiger partial charge in [-0.1, -0.05) is 44.2 Å². The van der Waals surface area contributed by atoms with Crippen LogP contribution >= 0.6 is 0 Å². The van der Waals surface area contributed by atoms with Gasteiger partial charge in [-0.15, -0.1) is 0 Å². The van der Waals surface area contributed by atoms with Gasteiger partial charge in [0.05, 0.1) is 0 Å². The molecule has 2 aromatic rings. The van der Waals surface area contributed by atoms with Gasteiger partial charge in [0.15, 0.2) is 6.10 Å². The summed E-state index contributed by atoms with van der Waals surface area (Å²) in [4.78, 5) is 14.5. The zero-order valence-electron chi connectivity index (χ0n) is 15.4. The van der Waals surface area contributed by atoms with Crippen LogP contribution in [0.25, 0.3) is 0 Å². The van der Waals surface area contributed by atoms with E-state index in [1.54, 1.807) is 0 Å². The van der Waals surface area contributed by atoms with Crippen LogP contribution in [0.1, 0.15) is 25.8 Å². The third-order valence-electron chi connectivity index (χ3n) is 4.22. The summed E-state index contributed by atoms with van der Waals surface area (Å²) in [5.41, 5.74) is 2.39. The van der Waals surface area contributed by atoms with Gasteiger partial charge in [-0.05, 0) is 42.7 Å². The number of anilines is 1. The number of ether oxygens (including phenoxy) is 1. The van der Waals surface area contributed by atoms with Gasteiger partial charge in [0, 0.05) is 25.8 Å². The first-order valence-electron chi connectivity index (χ1n) is 8.93. The van der Waals surface area contributed by atoms with Crippen molar-refractivity contribution in [2.45, 2.75) is 32.8 Å². The van der Waals surface area contributed by atoms with Crippen LogP contribution in [0.3, 0.4) is 0 Å². The molecule has 1 N–H and O–H groups in total. The lowest BCUT2D eigenvalue weighted by Gasteiger charge is -2.21. The highest BCUT2D eigenvalue weighted by Gasteiger charge is 2.18. The SMILES string of the molecule is CCc1ccc(O[C@@H](CC)C(=O)NCCN(C)c2ccccc2)cc1. The zero-order valence-corrected chi connectivity index (χ0v) is 15.4. The summed E-state index contributed by atoms with van der Waals surface area (Å²) in [7, 11) is 2.02. The number of nitrogens with zero attached hydrogens (tertiary/aromatic N) is 1. The summed E-state index contributed by atoms with van der Waals surface area (Å²) in [6.45, 7) is 5.40. The third kappa shape index (κ3) is 5.82. The Morgan fingerprint density at radius 2 is 1.76 bits per heavy atom. The van der Waals surface area contributed by atoms with E-state index < -0.39 is 6.10 Å². The standard InChI is InChI=1S/C21H28N2O2/c1-4-17-11-13-19(14-12-17)25-20(5-2)21(24)22-15-16-23(3)18-9-7-6-8-10-18/h6-14,20H,4-5,15-16H2,1-3H3,(H,22,24)/t20-/m0/s1. The highest BCUT2D eigenvalue weighted by Crippen LogP contribution is 2.15. The molecule has 1 atom stereocenters. The van der Waals surface area contributed by atoms with E-state index in [9.17, 15) is 4.79 Å². The lowest BCUT2D eigenvalue weighted by atomic mass is 10.2. The molecule has 4 nitrogen and oxygen atoms in total. The van der Waals surface area contributed by atoms with Crippen LogP contribution in [0, 0.1) is 0 Å². The molecule has 25 heavy (non-hydrogen) atoms. The van der Waals surface area contributed by atoms with E-state index in [0.29, 0.717) is 13.0 Å². The van der Waals surface area contributed by atoms with Gasteiger partial charge in [-0.25, -0.2) is 0 Å². The van der Waals surface area contributed by atoms with Gasteiger partial charge in [-0.3, -0.25) is 4.79 Å². The Hall–Kier alpha value is -2.49. The fourth-order valence-electron chi connectivity index (χ4n) is 2.56. The quantitative estimate of drug-likeness (QED) is 0.757. The molecule has 134 valence electrons. The Labute approximate surface area is 150 Å². The van der Waals surface area contributed by atoms with Crippen molar-refractivity contribution in [3.05, 3.63) is 60.2 Å². The second kappa shape index (κ2) is 9.72. The molecule has 4 heteroatoms. The van der Waals surface area contributed by atoms with Crippen LogP contribution < -0.4 is 15.0 Å².